The molecule has 1 amide bonds. The van der Waals surface area contributed by atoms with Crippen molar-refractivity contribution in [2.75, 3.05) is 19.7 Å². The number of amides is 1. The first-order valence-electron chi connectivity index (χ1n) is 9.56. The molecule has 0 fully saturated rings. The summed E-state index contributed by atoms with van der Waals surface area (Å²) in [7, 11) is 0. The second-order valence-electron chi connectivity index (χ2n) is 6.59. The van der Waals surface area contributed by atoms with Gasteiger partial charge in [-0.25, -0.2) is 4.39 Å². The summed E-state index contributed by atoms with van der Waals surface area (Å²) in [5.74, 6) is 0.608. The largest absolute Gasteiger partial charge is 0.493 e. The molecule has 0 N–H and O–H groups in total. The Labute approximate surface area is 173 Å². The van der Waals surface area contributed by atoms with Crippen molar-refractivity contribution in [1.29, 1.82) is 0 Å². The number of fused-ring (bicyclic) bond motifs is 1. The number of carbonyl (C=O) groups is 1. The summed E-state index contributed by atoms with van der Waals surface area (Å²) in [6.45, 7) is 3.42. The van der Waals surface area contributed by atoms with Gasteiger partial charge in [-0.1, -0.05) is 60.3 Å². The summed E-state index contributed by atoms with van der Waals surface area (Å²) in [4.78, 5) is 19.7. The summed E-state index contributed by atoms with van der Waals surface area (Å²) in [6.07, 6.45) is 0. The Balaban J connectivity index is 1.63. The molecule has 1 heterocycles. The third kappa shape index (κ3) is 3.98. The van der Waals surface area contributed by atoms with Crippen LogP contribution in [0.2, 0.25) is 0 Å². The van der Waals surface area contributed by atoms with Crippen LogP contribution >= 0.6 is 11.8 Å². The Hall–Kier alpha value is -2.86. The van der Waals surface area contributed by atoms with E-state index in [1.165, 1.54) is 17.8 Å². The van der Waals surface area contributed by atoms with Crippen molar-refractivity contribution >= 4 is 33.6 Å². The average Bonchev–Trinajstić information content (AvgIpc) is 3.21. The summed E-state index contributed by atoms with van der Waals surface area (Å²) in [5.41, 5.74) is 1.14. The van der Waals surface area contributed by atoms with Crippen LogP contribution in [0.1, 0.15) is 22.8 Å². The Morgan fingerprint density at radius 3 is 2.76 bits per heavy atom. The van der Waals surface area contributed by atoms with Crippen LogP contribution in [0, 0.1) is 5.82 Å². The molecule has 4 rings (SSSR count). The molecule has 6 heteroatoms. The summed E-state index contributed by atoms with van der Waals surface area (Å²) in [6, 6.07) is 18.3. The van der Waals surface area contributed by atoms with Crippen molar-refractivity contribution in [3.05, 3.63) is 77.6 Å². The van der Waals surface area contributed by atoms with Crippen molar-refractivity contribution in [2.24, 2.45) is 4.99 Å². The van der Waals surface area contributed by atoms with Crippen LogP contribution in [0.15, 0.2) is 65.7 Å². The van der Waals surface area contributed by atoms with Crippen molar-refractivity contribution in [3.63, 3.8) is 0 Å². The predicted octanol–water partition coefficient (Wildman–Crippen LogP) is 5.12. The molecule has 0 aromatic heterocycles. The van der Waals surface area contributed by atoms with Gasteiger partial charge in [-0.3, -0.25) is 14.7 Å². The fourth-order valence-corrected chi connectivity index (χ4v) is 4.41. The molecule has 0 saturated carbocycles. The first kappa shape index (κ1) is 19.5. The lowest BCUT2D eigenvalue weighted by atomic mass is 10.0. The van der Waals surface area contributed by atoms with Gasteiger partial charge in [0.25, 0.3) is 5.91 Å². The monoisotopic (exact) mass is 408 g/mol. The van der Waals surface area contributed by atoms with E-state index in [0.717, 1.165) is 10.8 Å². The number of thioether (sulfide) groups is 1. The van der Waals surface area contributed by atoms with Gasteiger partial charge in [0.05, 0.1) is 18.7 Å². The van der Waals surface area contributed by atoms with Gasteiger partial charge in [0.2, 0.25) is 0 Å². The number of nitrogens with zero attached hydrogens (tertiary/aromatic N) is 2. The maximum atomic E-state index is 13.9. The predicted molar refractivity (Wildman–Crippen MR) is 116 cm³/mol. The molecule has 4 nitrogen and oxygen atoms in total. The van der Waals surface area contributed by atoms with E-state index in [2.05, 4.69) is 4.99 Å². The number of aliphatic imine (C=N–C) groups is 1. The topological polar surface area (TPSA) is 41.9 Å². The summed E-state index contributed by atoms with van der Waals surface area (Å²) < 4.78 is 19.7. The van der Waals surface area contributed by atoms with Gasteiger partial charge >= 0.3 is 0 Å². The standard InChI is InChI=1S/C23H21FN2O2S/c1-2-28-20-12-11-16-7-3-5-9-18(16)21(20)22(27)26-14-13-25-23(26)29-15-17-8-4-6-10-19(17)24/h3-12H,2,13-15H2,1H3. The zero-order valence-electron chi connectivity index (χ0n) is 16.1. The SMILES string of the molecule is CCOc1ccc2ccccc2c1C(=O)N1CCN=C1SCc1ccccc1F. The molecule has 0 unspecified atom stereocenters. The molecule has 1 aliphatic heterocycles. The van der Waals surface area contributed by atoms with Crippen molar-refractivity contribution < 1.29 is 13.9 Å². The lowest BCUT2D eigenvalue weighted by Crippen LogP contribution is -2.33. The first-order chi connectivity index (χ1) is 14.2. The number of ether oxygens (including phenoxy) is 1. The van der Waals surface area contributed by atoms with E-state index in [4.69, 9.17) is 4.74 Å². The second kappa shape index (κ2) is 8.66. The lowest BCUT2D eigenvalue weighted by molar-refractivity contribution is 0.0858. The zero-order chi connectivity index (χ0) is 20.2. The minimum Gasteiger partial charge on any atom is -0.493 e. The zero-order valence-corrected chi connectivity index (χ0v) is 16.9. The molecule has 3 aromatic rings. The molecular formula is C23H21FN2O2S. The molecule has 148 valence electrons. The van der Waals surface area contributed by atoms with E-state index in [-0.39, 0.29) is 11.7 Å². The lowest BCUT2D eigenvalue weighted by Gasteiger charge is -2.21. The molecule has 0 bridgehead atoms. The van der Waals surface area contributed by atoms with E-state index in [0.29, 0.717) is 47.5 Å². The van der Waals surface area contributed by atoms with E-state index in [1.807, 2.05) is 49.4 Å². The highest BCUT2D eigenvalue weighted by molar-refractivity contribution is 8.13. The average molecular weight is 408 g/mol. The van der Waals surface area contributed by atoms with Crippen molar-refractivity contribution in [3.8, 4) is 5.75 Å². The molecule has 3 aromatic carbocycles. The molecule has 29 heavy (non-hydrogen) atoms. The Kier molecular flexibility index (Phi) is 5.81. The maximum Gasteiger partial charge on any atom is 0.264 e. The third-order valence-electron chi connectivity index (χ3n) is 4.77. The van der Waals surface area contributed by atoms with Crippen LogP contribution in [0.4, 0.5) is 4.39 Å². The van der Waals surface area contributed by atoms with E-state index in [9.17, 15) is 9.18 Å². The molecule has 0 saturated heterocycles. The fraction of sp³-hybridized carbons (Fsp3) is 0.217. The van der Waals surface area contributed by atoms with Crippen LogP contribution in [0.5, 0.6) is 5.75 Å². The number of rotatable bonds is 5. The highest BCUT2D eigenvalue weighted by atomic mass is 32.2. The van der Waals surface area contributed by atoms with Crippen LogP contribution in [0.25, 0.3) is 10.8 Å². The smallest absolute Gasteiger partial charge is 0.264 e. The van der Waals surface area contributed by atoms with Gasteiger partial charge in [-0.2, -0.15) is 0 Å². The Bertz CT molecular complexity index is 1080. The quantitative estimate of drug-likeness (QED) is 0.588. The Morgan fingerprint density at radius 1 is 1.14 bits per heavy atom. The van der Waals surface area contributed by atoms with Gasteiger partial charge < -0.3 is 4.74 Å². The van der Waals surface area contributed by atoms with Gasteiger partial charge in [0, 0.05) is 12.3 Å². The molecule has 1 aliphatic rings. The van der Waals surface area contributed by atoms with Crippen molar-refractivity contribution in [2.45, 2.75) is 12.7 Å². The van der Waals surface area contributed by atoms with Gasteiger partial charge in [-0.15, -0.1) is 0 Å². The van der Waals surface area contributed by atoms with Crippen molar-refractivity contribution in [1.82, 2.24) is 4.90 Å². The second-order valence-corrected chi connectivity index (χ2v) is 7.54. The summed E-state index contributed by atoms with van der Waals surface area (Å²) >= 11 is 1.38. The number of hydrogen-bond donors (Lipinski definition) is 0. The van der Waals surface area contributed by atoms with Crippen LogP contribution in [-0.2, 0) is 5.75 Å². The highest BCUT2D eigenvalue weighted by Gasteiger charge is 2.29. The molecule has 0 spiro atoms. The van der Waals surface area contributed by atoms with Gasteiger partial charge in [0.1, 0.15) is 11.6 Å². The highest BCUT2D eigenvalue weighted by Crippen LogP contribution is 2.31. The number of halogens is 1. The van der Waals surface area contributed by atoms with Crippen LogP contribution in [-0.4, -0.2) is 35.7 Å². The number of carbonyl (C=O) groups excluding carboxylic acids is 1. The number of hydrogen-bond acceptors (Lipinski definition) is 4. The first-order valence-corrected chi connectivity index (χ1v) is 10.5. The van der Waals surface area contributed by atoms with E-state index in [1.54, 1.807) is 17.0 Å². The number of benzene rings is 3. The molecule has 0 atom stereocenters. The third-order valence-corrected chi connectivity index (χ3v) is 5.83. The van der Waals surface area contributed by atoms with Crippen LogP contribution in [0.3, 0.4) is 0 Å². The molecule has 0 radical (unpaired) electrons. The van der Waals surface area contributed by atoms with E-state index < -0.39 is 0 Å². The minimum absolute atomic E-state index is 0.137. The summed E-state index contributed by atoms with van der Waals surface area (Å²) in [5, 5.41) is 2.46. The normalized spacial score (nSPS) is 13.6. The molecule has 0 aliphatic carbocycles. The minimum atomic E-state index is -0.246. The maximum absolute atomic E-state index is 13.9. The van der Waals surface area contributed by atoms with Gasteiger partial charge in [-0.05, 0) is 35.4 Å². The molecular weight excluding hydrogens is 387 g/mol. The van der Waals surface area contributed by atoms with Crippen LogP contribution < -0.4 is 4.74 Å². The Morgan fingerprint density at radius 2 is 1.93 bits per heavy atom. The van der Waals surface area contributed by atoms with E-state index >= 15 is 0 Å². The van der Waals surface area contributed by atoms with Gasteiger partial charge in [0.15, 0.2) is 5.17 Å². The fourth-order valence-electron chi connectivity index (χ4n) is 3.38. The number of amidine groups is 1.